The van der Waals surface area contributed by atoms with Crippen molar-refractivity contribution in [3.05, 3.63) is 35.5 Å². The Morgan fingerprint density at radius 1 is 1.20 bits per heavy atom. The predicted molar refractivity (Wildman–Crippen MR) is 108 cm³/mol. The molecule has 2 aromatic rings. The van der Waals surface area contributed by atoms with Crippen molar-refractivity contribution in [1.29, 1.82) is 5.26 Å². The van der Waals surface area contributed by atoms with Crippen LogP contribution in [0.2, 0.25) is 0 Å². The lowest BCUT2D eigenvalue weighted by molar-refractivity contribution is 0.0747. The van der Waals surface area contributed by atoms with E-state index in [2.05, 4.69) is 56.3 Å². The molecule has 2 unspecified atom stereocenters. The van der Waals surface area contributed by atoms with E-state index in [1.807, 2.05) is 0 Å². The molecule has 2 heterocycles. The van der Waals surface area contributed by atoms with Crippen molar-refractivity contribution in [1.82, 2.24) is 9.88 Å². The van der Waals surface area contributed by atoms with Gasteiger partial charge in [0.25, 0.3) is 0 Å². The summed E-state index contributed by atoms with van der Waals surface area (Å²) in [4.78, 5) is 5.72. The van der Waals surface area contributed by atoms with Gasteiger partial charge in [0.15, 0.2) is 6.19 Å². The van der Waals surface area contributed by atoms with Crippen LogP contribution in [0.3, 0.4) is 0 Å². The first-order valence-corrected chi connectivity index (χ1v) is 10.3. The fourth-order valence-corrected chi connectivity index (χ4v) is 5.28. The third kappa shape index (κ3) is 3.31. The lowest BCUT2D eigenvalue weighted by atomic mass is 9.72. The third-order valence-electron chi connectivity index (χ3n) is 6.05. The van der Waals surface area contributed by atoms with E-state index in [1.165, 1.54) is 47.8 Å². The first kappa shape index (κ1) is 18.3. The van der Waals surface area contributed by atoms with Crippen LogP contribution in [0, 0.1) is 23.3 Å². The van der Waals surface area contributed by atoms with Crippen LogP contribution in [0.1, 0.15) is 56.8 Å². The van der Waals surface area contributed by atoms with Crippen molar-refractivity contribution in [3.8, 4) is 6.19 Å². The number of piperidine rings is 1. The van der Waals surface area contributed by atoms with Crippen LogP contribution < -0.4 is 0 Å². The van der Waals surface area contributed by atoms with Gasteiger partial charge in [0.05, 0.1) is 6.04 Å². The lowest BCUT2D eigenvalue weighted by Gasteiger charge is -2.44. The normalized spacial score (nSPS) is 25.9. The number of aromatic amines is 1. The largest absolute Gasteiger partial charge is 0.356 e. The SMILES string of the molecule is C.N#CN1C[C@@H]2CCCCC2CC1c1[nH]c2ccccc2c1CCBr. The Kier molecular flexibility index (Phi) is 5.74. The van der Waals surface area contributed by atoms with Crippen LogP contribution in [0.5, 0.6) is 0 Å². The Bertz CT molecular complexity index is 760. The molecule has 134 valence electrons. The Labute approximate surface area is 159 Å². The molecular weight excluding hydrogens is 374 g/mol. The molecule has 1 aromatic heterocycles. The molecule has 4 heteroatoms. The van der Waals surface area contributed by atoms with Gasteiger partial charge in [-0.3, -0.25) is 0 Å². The van der Waals surface area contributed by atoms with Crippen LogP contribution in [0.15, 0.2) is 24.3 Å². The summed E-state index contributed by atoms with van der Waals surface area (Å²) in [5, 5.41) is 12.0. The number of aryl methyl sites for hydroxylation is 1. The number of para-hydroxylation sites is 1. The zero-order chi connectivity index (χ0) is 16.5. The highest BCUT2D eigenvalue weighted by molar-refractivity contribution is 9.09. The molecule has 1 aliphatic heterocycles. The number of alkyl halides is 1. The fraction of sp³-hybridized carbons (Fsp3) is 0.571. The van der Waals surface area contributed by atoms with E-state index >= 15 is 0 Å². The molecular formula is C21H28BrN3. The van der Waals surface area contributed by atoms with Gasteiger partial charge < -0.3 is 9.88 Å². The quantitative estimate of drug-likeness (QED) is 0.523. The van der Waals surface area contributed by atoms with Gasteiger partial charge >= 0.3 is 0 Å². The van der Waals surface area contributed by atoms with Crippen LogP contribution >= 0.6 is 15.9 Å². The topological polar surface area (TPSA) is 42.8 Å². The molecule has 1 saturated heterocycles. The maximum Gasteiger partial charge on any atom is 0.179 e. The molecule has 25 heavy (non-hydrogen) atoms. The van der Waals surface area contributed by atoms with Crippen molar-refractivity contribution in [2.45, 2.75) is 52.0 Å². The summed E-state index contributed by atoms with van der Waals surface area (Å²) in [7, 11) is 0. The number of hydrogen-bond acceptors (Lipinski definition) is 2. The minimum absolute atomic E-state index is 0. The van der Waals surface area contributed by atoms with E-state index in [9.17, 15) is 5.26 Å². The molecule has 0 amide bonds. The Morgan fingerprint density at radius 3 is 2.72 bits per heavy atom. The third-order valence-corrected chi connectivity index (χ3v) is 6.45. The van der Waals surface area contributed by atoms with Gasteiger partial charge in [-0.25, -0.2) is 0 Å². The number of nitrogens with one attached hydrogen (secondary N) is 1. The Balaban J connectivity index is 0.00000182. The molecule has 4 rings (SSSR count). The van der Waals surface area contributed by atoms with Crippen LogP contribution in [-0.2, 0) is 6.42 Å². The van der Waals surface area contributed by atoms with E-state index in [-0.39, 0.29) is 13.5 Å². The smallest absolute Gasteiger partial charge is 0.179 e. The minimum atomic E-state index is 0. The second kappa shape index (κ2) is 7.83. The number of aromatic nitrogens is 1. The maximum atomic E-state index is 9.76. The van der Waals surface area contributed by atoms with Crippen LogP contribution in [-0.4, -0.2) is 21.8 Å². The monoisotopic (exact) mass is 401 g/mol. The molecule has 2 fully saturated rings. The van der Waals surface area contributed by atoms with Gasteiger partial charge in [0, 0.05) is 28.5 Å². The molecule has 3 nitrogen and oxygen atoms in total. The molecule has 0 bridgehead atoms. The highest BCUT2D eigenvalue weighted by Crippen LogP contribution is 2.44. The van der Waals surface area contributed by atoms with Crippen molar-refractivity contribution in [2.75, 3.05) is 11.9 Å². The first-order chi connectivity index (χ1) is 11.8. The highest BCUT2D eigenvalue weighted by atomic mass is 79.9. The van der Waals surface area contributed by atoms with Crippen molar-refractivity contribution in [3.63, 3.8) is 0 Å². The number of benzene rings is 1. The molecule has 0 radical (unpaired) electrons. The van der Waals surface area contributed by atoms with Crippen LogP contribution in [0.4, 0.5) is 0 Å². The second-order valence-electron chi connectivity index (χ2n) is 7.31. The summed E-state index contributed by atoms with van der Waals surface area (Å²) in [6, 6.07) is 8.77. The van der Waals surface area contributed by atoms with E-state index in [4.69, 9.17) is 0 Å². The fourth-order valence-electron chi connectivity index (χ4n) is 4.88. The number of nitrogens with zero attached hydrogens (tertiary/aromatic N) is 2. The maximum absolute atomic E-state index is 9.76. The van der Waals surface area contributed by atoms with Crippen molar-refractivity contribution >= 4 is 26.8 Å². The van der Waals surface area contributed by atoms with Gasteiger partial charge in [0.1, 0.15) is 0 Å². The lowest BCUT2D eigenvalue weighted by Crippen LogP contribution is -2.41. The summed E-state index contributed by atoms with van der Waals surface area (Å²) in [6.07, 6.45) is 9.98. The highest BCUT2D eigenvalue weighted by Gasteiger charge is 2.38. The summed E-state index contributed by atoms with van der Waals surface area (Å²) in [5.41, 5.74) is 3.87. The summed E-state index contributed by atoms with van der Waals surface area (Å²) >= 11 is 3.61. The van der Waals surface area contributed by atoms with Crippen molar-refractivity contribution < 1.29 is 0 Å². The van der Waals surface area contributed by atoms with E-state index < -0.39 is 0 Å². The van der Waals surface area contributed by atoms with Gasteiger partial charge in [-0.05, 0) is 42.7 Å². The first-order valence-electron chi connectivity index (χ1n) is 9.13. The number of fused-ring (bicyclic) bond motifs is 2. The van der Waals surface area contributed by atoms with Crippen molar-refractivity contribution in [2.24, 2.45) is 11.8 Å². The number of nitriles is 1. The molecule has 1 aliphatic carbocycles. The molecule has 0 spiro atoms. The second-order valence-corrected chi connectivity index (χ2v) is 8.10. The van der Waals surface area contributed by atoms with Gasteiger partial charge in [-0.15, -0.1) is 0 Å². The Hall–Kier alpha value is -1.47. The summed E-state index contributed by atoms with van der Waals surface area (Å²) in [5.74, 6) is 1.51. The van der Waals surface area contributed by atoms with E-state index in [1.54, 1.807) is 0 Å². The number of halogens is 1. The van der Waals surface area contributed by atoms with Crippen LogP contribution in [0.25, 0.3) is 10.9 Å². The molecule has 1 saturated carbocycles. The summed E-state index contributed by atoms with van der Waals surface area (Å²) in [6.45, 7) is 0.939. The number of hydrogen-bond donors (Lipinski definition) is 1. The average Bonchev–Trinajstić information content (AvgIpc) is 2.99. The number of rotatable bonds is 3. The zero-order valence-electron chi connectivity index (χ0n) is 14.0. The number of likely N-dealkylation sites (tertiary alicyclic amines) is 1. The molecule has 1 aromatic carbocycles. The van der Waals surface area contributed by atoms with Gasteiger partial charge in [0.2, 0.25) is 0 Å². The molecule has 2 aliphatic rings. The van der Waals surface area contributed by atoms with Gasteiger partial charge in [-0.2, -0.15) is 5.26 Å². The molecule has 3 atom stereocenters. The zero-order valence-corrected chi connectivity index (χ0v) is 15.6. The predicted octanol–water partition coefficient (Wildman–Crippen LogP) is 5.78. The summed E-state index contributed by atoms with van der Waals surface area (Å²) < 4.78 is 0. The van der Waals surface area contributed by atoms with E-state index in [0.717, 1.165) is 36.6 Å². The van der Waals surface area contributed by atoms with Gasteiger partial charge in [-0.1, -0.05) is 60.8 Å². The number of H-pyrrole nitrogens is 1. The average molecular weight is 402 g/mol. The minimum Gasteiger partial charge on any atom is -0.356 e. The Morgan fingerprint density at radius 2 is 1.96 bits per heavy atom. The standard InChI is InChI=1S/C20H24BrN3.CH4/c21-10-9-17-16-7-3-4-8-18(16)23-20(17)19-11-14-5-1-2-6-15(14)12-24(19)13-22;/h3-4,7-8,14-15,19,23H,1-2,5-6,9-12H2;1H4/t14?,15-,19?;/m0./s1. The molecule has 1 N–H and O–H groups in total. The van der Waals surface area contributed by atoms with E-state index in [0.29, 0.717) is 0 Å².